The van der Waals surface area contributed by atoms with E-state index < -0.39 is 28.9 Å². The van der Waals surface area contributed by atoms with E-state index in [2.05, 4.69) is 4.18 Å². The molecule has 0 fully saturated rings. The standard InChI is InChI=1S/C9H10O7S/c10-4-7-6(8(12)5-11)2-1-3-9(7)16-17(13,14)15/h1-4,8,11-12H,5H2,(H,13,14,15). The van der Waals surface area contributed by atoms with E-state index in [-0.39, 0.29) is 17.4 Å². The molecular formula is C9H10O7S. The molecule has 1 aromatic carbocycles. The number of aliphatic hydroxyl groups is 2. The first-order valence-electron chi connectivity index (χ1n) is 4.43. The van der Waals surface area contributed by atoms with Crippen molar-refractivity contribution in [3.63, 3.8) is 0 Å². The molecule has 0 saturated heterocycles. The maximum absolute atomic E-state index is 10.8. The predicted molar refractivity (Wildman–Crippen MR) is 56.1 cm³/mol. The third-order valence-electron chi connectivity index (χ3n) is 1.94. The molecule has 0 heterocycles. The van der Waals surface area contributed by atoms with Gasteiger partial charge in [-0.1, -0.05) is 12.1 Å². The van der Waals surface area contributed by atoms with Gasteiger partial charge in [0.05, 0.1) is 12.2 Å². The van der Waals surface area contributed by atoms with Gasteiger partial charge in [0.2, 0.25) is 0 Å². The van der Waals surface area contributed by atoms with E-state index in [1.54, 1.807) is 0 Å². The van der Waals surface area contributed by atoms with Crippen LogP contribution in [0.15, 0.2) is 18.2 Å². The molecule has 0 spiro atoms. The van der Waals surface area contributed by atoms with Crippen molar-refractivity contribution in [1.29, 1.82) is 0 Å². The van der Waals surface area contributed by atoms with E-state index in [1.165, 1.54) is 12.1 Å². The fourth-order valence-electron chi connectivity index (χ4n) is 1.26. The lowest BCUT2D eigenvalue weighted by molar-refractivity contribution is 0.0933. The van der Waals surface area contributed by atoms with Gasteiger partial charge in [0.15, 0.2) is 12.0 Å². The average molecular weight is 262 g/mol. The molecule has 1 unspecified atom stereocenters. The van der Waals surface area contributed by atoms with Gasteiger partial charge in [0.1, 0.15) is 6.10 Å². The van der Waals surface area contributed by atoms with E-state index in [9.17, 15) is 18.3 Å². The van der Waals surface area contributed by atoms with Crippen LogP contribution in [0.3, 0.4) is 0 Å². The molecular weight excluding hydrogens is 252 g/mol. The van der Waals surface area contributed by atoms with Crippen molar-refractivity contribution < 1.29 is 32.2 Å². The molecule has 0 aliphatic rings. The largest absolute Gasteiger partial charge is 0.446 e. The molecule has 1 aromatic rings. The number of rotatable bonds is 5. The second-order valence-electron chi connectivity index (χ2n) is 3.09. The van der Waals surface area contributed by atoms with E-state index in [0.29, 0.717) is 0 Å². The summed E-state index contributed by atoms with van der Waals surface area (Å²) in [6, 6.07) is 3.76. The highest BCUT2D eigenvalue weighted by molar-refractivity contribution is 7.81. The van der Waals surface area contributed by atoms with Gasteiger partial charge in [-0.2, -0.15) is 8.42 Å². The lowest BCUT2D eigenvalue weighted by Crippen LogP contribution is -2.11. The Kier molecular flexibility index (Phi) is 4.18. The zero-order valence-corrected chi connectivity index (χ0v) is 9.29. The molecule has 0 amide bonds. The SMILES string of the molecule is O=Cc1c(OS(=O)(=O)O)cccc1C(O)CO. The summed E-state index contributed by atoms with van der Waals surface area (Å²) in [6.45, 7) is -0.643. The lowest BCUT2D eigenvalue weighted by atomic mass is 10.0. The minimum Gasteiger partial charge on any atom is -0.393 e. The highest BCUT2D eigenvalue weighted by Gasteiger charge is 2.18. The Morgan fingerprint density at radius 1 is 1.41 bits per heavy atom. The Morgan fingerprint density at radius 2 is 2.06 bits per heavy atom. The van der Waals surface area contributed by atoms with Crippen LogP contribution in [0.5, 0.6) is 5.75 Å². The maximum Gasteiger partial charge on any atom is 0.446 e. The van der Waals surface area contributed by atoms with Gasteiger partial charge in [-0.3, -0.25) is 9.35 Å². The van der Waals surface area contributed by atoms with Crippen molar-refractivity contribution in [3.05, 3.63) is 29.3 Å². The fourth-order valence-corrected chi connectivity index (χ4v) is 1.63. The Labute approximate surface area is 97.2 Å². The van der Waals surface area contributed by atoms with Crippen LogP contribution in [0.25, 0.3) is 0 Å². The highest BCUT2D eigenvalue weighted by Crippen LogP contribution is 2.26. The zero-order chi connectivity index (χ0) is 13.1. The summed E-state index contributed by atoms with van der Waals surface area (Å²) in [5.74, 6) is -0.424. The maximum atomic E-state index is 10.8. The summed E-state index contributed by atoms with van der Waals surface area (Å²) >= 11 is 0. The summed E-state index contributed by atoms with van der Waals surface area (Å²) in [4.78, 5) is 10.8. The summed E-state index contributed by atoms with van der Waals surface area (Å²) < 4.78 is 33.7. The summed E-state index contributed by atoms with van der Waals surface area (Å²) in [5.41, 5.74) is -0.254. The second-order valence-corrected chi connectivity index (χ2v) is 4.11. The second kappa shape index (κ2) is 5.23. The molecule has 0 radical (unpaired) electrons. The monoisotopic (exact) mass is 262 g/mol. The molecule has 7 nitrogen and oxygen atoms in total. The van der Waals surface area contributed by atoms with Crippen LogP contribution in [0.1, 0.15) is 22.0 Å². The molecule has 17 heavy (non-hydrogen) atoms. The number of hydrogen-bond acceptors (Lipinski definition) is 6. The predicted octanol–water partition coefficient (Wildman–Crippen LogP) is -0.294. The number of aldehydes is 1. The van der Waals surface area contributed by atoms with Gasteiger partial charge in [-0.15, -0.1) is 0 Å². The van der Waals surface area contributed by atoms with Gasteiger partial charge >= 0.3 is 10.4 Å². The number of carbonyl (C=O) groups excluding carboxylic acids is 1. The number of benzene rings is 1. The Hall–Kier alpha value is -1.48. The molecule has 0 aliphatic carbocycles. The normalized spacial score (nSPS) is 13.1. The topological polar surface area (TPSA) is 121 Å². The molecule has 3 N–H and O–H groups in total. The van der Waals surface area contributed by atoms with Crippen LogP contribution in [0, 0.1) is 0 Å². The summed E-state index contributed by atoms with van der Waals surface area (Å²) in [7, 11) is -4.76. The zero-order valence-electron chi connectivity index (χ0n) is 8.48. The van der Waals surface area contributed by atoms with Gasteiger partial charge in [-0.05, 0) is 11.6 Å². The smallest absolute Gasteiger partial charge is 0.393 e. The Morgan fingerprint density at radius 3 is 2.53 bits per heavy atom. The molecule has 94 valence electrons. The first kappa shape index (κ1) is 13.6. The third kappa shape index (κ3) is 3.49. The van der Waals surface area contributed by atoms with Crippen LogP contribution in [-0.4, -0.2) is 36.1 Å². The molecule has 0 aliphatic heterocycles. The van der Waals surface area contributed by atoms with Crippen LogP contribution >= 0.6 is 0 Å². The quantitative estimate of drug-likeness (QED) is 0.492. The molecule has 1 atom stereocenters. The van der Waals surface area contributed by atoms with Crippen LogP contribution in [0.2, 0.25) is 0 Å². The summed E-state index contributed by atoms with van der Waals surface area (Å²) in [6.07, 6.45) is -1.09. The Balaban J connectivity index is 3.28. The molecule has 0 aromatic heterocycles. The van der Waals surface area contributed by atoms with Crippen LogP contribution in [0.4, 0.5) is 0 Å². The molecule has 8 heteroatoms. The molecule has 1 rings (SSSR count). The molecule has 0 bridgehead atoms. The van der Waals surface area contributed by atoms with Crippen molar-refractivity contribution in [3.8, 4) is 5.75 Å². The number of carbonyl (C=O) groups is 1. The first-order chi connectivity index (χ1) is 7.89. The number of aliphatic hydroxyl groups excluding tert-OH is 2. The summed E-state index contributed by atoms with van der Waals surface area (Å²) in [5, 5.41) is 18.1. The van der Waals surface area contributed by atoms with Gasteiger partial charge in [0, 0.05) is 0 Å². The van der Waals surface area contributed by atoms with Crippen LogP contribution in [-0.2, 0) is 10.4 Å². The number of hydrogen-bond donors (Lipinski definition) is 3. The van der Waals surface area contributed by atoms with Gasteiger partial charge < -0.3 is 14.4 Å². The van der Waals surface area contributed by atoms with E-state index in [0.717, 1.165) is 6.07 Å². The van der Waals surface area contributed by atoms with Crippen molar-refractivity contribution >= 4 is 16.7 Å². The van der Waals surface area contributed by atoms with Gasteiger partial charge in [-0.25, -0.2) is 0 Å². The first-order valence-corrected chi connectivity index (χ1v) is 5.79. The minimum absolute atomic E-state index is 0.00338. The van der Waals surface area contributed by atoms with Crippen molar-refractivity contribution in [2.24, 2.45) is 0 Å². The van der Waals surface area contributed by atoms with Crippen molar-refractivity contribution in [2.75, 3.05) is 6.61 Å². The Bertz CT molecular complexity index is 508. The fraction of sp³-hybridized carbons (Fsp3) is 0.222. The van der Waals surface area contributed by atoms with Crippen molar-refractivity contribution in [1.82, 2.24) is 0 Å². The van der Waals surface area contributed by atoms with Crippen molar-refractivity contribution in [2.45, 2.75) is 6.10 Å². The third-order valence-corrected chi connectivity index (χ3v) is 2.33. The van der Waals surface area contributed by atoms with E-state index >= 15 is 0 Å². The minimum atomic E-state index is -4.76. The average Bonchev–Trinajstić information content (AvgIpc) is 2.25. The molecule has 0 saturated carbocycles. The van der Waals surface area contributed by atoms with E-state index in [1.807, 2.05) is 0 Å². The highest BCUT2D eigenvalue weighted by atomic mass is 32.3. The van der Waals surface area contributed by atoms with Gasteiger partial charge in [0.25, 0.3) is 0 Å². The van der Waals surface area contributed by atoms with E-state index in [4.69, 9.17) is 9.66 Å². The lowest BCUT2D eigenvalue weighted by Gasteiger charge is -2.12. The van der Waals surface area contributed by atoms with Crippen LogP contribution < -0.4 is 4.18 Å².